The Hall–Kier alpha value is -3.85. The maximum atomic E-state index is 12.9. The molecule has 9 heteroatoms. The summed E-state index contributed by atoms with van der Waals surface area (Å²) in [5.74, 6) is 0.539. The molecule has 1 heterocycles. The Bertz CT molecular complexity index is 1280. The van der Waals surface area contributed by atoms with Gasteiger partial charge in [0.15, 0.2) is 6.10 Å². The average Bonchev–Trinajstić information content (AvgIpc) is 3.22. The molecular weight excluding hydrogens is 490 g/mol. The molecule has 3 amide bonds. The molecule has 0 aliphatic heterocycles. The van der Waals surface area contributed by atoms with Crippen molar-refractivity contribution < 1.29 is 23.9 Å². The molecule has 0 bridgehead atoms. The smallest absolute Gasteiger partial charge is 0.265 e. The molecule has 194 valence electrons. The van der Waals surface area contributed by atoms with Crippen LogP contribution in [-0.2, 0) is 17.6 Å². The van der Waals surface area contributed by atoms with Crippen molar-refractivity contribution in [1.82, 2.24) is 0 Å². The lowest BCUT2D eigenvalue weighted by Crippen LogP contribution is -2.30. The molecule has 2 aromatic carbocycles. The third-order valence-electron chi connectivity index (χ3n) is 6.22. The zero-order chi connectivity index (χ0) is 26.5. The van der Waals surface area contributed by atoms with Crippen molar-refractivity contribution in [2.45, 2.75) is 46.1 Å². The van der Waals surface area contributed by atoms with Gasteiger partial charge in [-0.2, -0.15) is 0 Å². The molecule has 4 rings (SSSR count). The topological polar surface area (TPSA) is 120 Å². The molecule has 2 atom stereocenters. The van der Waals surface area contributed by atoms with Gasteiger partial charge >= 0.3 is 0 Å². The van der Waals surface area contributed by atoms with Crippen LogP contribution in [0.3, 0.4) is 0 Å². The van der Waals surface area contributed by atoms with Crippen molar-refractivity contribution in [2.24, 2.45) is 11.7 Å². The van der Waals surface area contributed by atoms with E-state index in [2.05, 4.69) is 17.6 Å². The van der Waals surface area contributed by atoms with Crippen LogP contribution in [0.2, 0.25) is 0 Å². The summed E-state index contributed by atoms with van der Waals surface area (Å²) in [5.41, 5.74) is 8.07. The summed E-state index contributed by atoms with van der Waals surface area (Å²) < 4.78 is 11.2. The normalized spacial score (nSPS) is 15.3. The van der Waals surface area contributed by atoms with E-state index in [0.29, 0.717) is 40.1 Å². The highest BCUT2D eigenvalue weighted by molar-refractivity contribution is 7.17. The summed E-state index contributed by atoms with van der Waals surface area (Å²) >= 11 is 1.43. The molecule has 4 N–H and O–H groups in total. The number of anilines is 2. The number of fused-ring (bicyclic) bond motifs is 1. The highest BCUT2D eigenvalue weighted by Gasteiger charge is 2.27. The van der Waals surface area contributed by atoms with Crippen molar-refractivity contribution in [2.75, 3.05) is 17.2 Å². The summed E-state index contributed by atoms with van der Waals surface area (Å²) in [7, 11) is 0. The van der Waals surface area contributed by atoms with Gasteiger partial charge in [0, 0.05) is 16.1 Å². The largest absolute Gasteiger partial charge is 0.494 e. The Morgan fingerprint density at radius 2 is 1.73 bits per heavy atom. The van der Waals surface area contributed by atoms with E-state index in [4.69, 9.17) is 15.2 Å². The van der Waals surface area contributed by atoms with E-state index in [-0.39, 0.29) is 11.8 Å². The first-order valence-electron chi connectivity index (χ1n) is 12.3. The fourth-order valence-electron chi connectivity index (χ4n) is 4.26. The van der Waals surface area contributed by atoms with Crippen LogP contribution in [0.1, 0.15) is 58.3 Å². The second-order valence-electron chi connectivity index (χ2n) is 9.11. The molecule has 0 spiro atoms. The predicted molar refractivity (Wildman–Crippen MR) is 145 cm³/mol. The maximum absolute atomic E-state index is 12.9. The first-order valence-corrected chi connectivity index (χ1v) is 13.1. The van der Waals surface area contributed by atoms with Crippen molar-refractivity contribution in [3.63, 3.8) is 0 Å². The van der Waals surface area contributed by atoms with Crippen LogP contribution in [0.25, 0.3) is 0 Å². The Morgan fingerprint density at radius 3 is 2.38 bits per heavy atom. The van der Waals surface area contributed by atoms with E-state index in [1.165, 1.54) is 11.3 Å². The maximum Gasteiger partial charge on any atom is 0.265 e. The van der Waals surface area contributed by atoms with E-state index < -0.39 is 12.0 Å². The lowest BCUT2D eigenvalue weighted by molar-refractivity contribution is -0.122. The molecule has 0 unspecified atom stereocenters. The highest BCUT2D eigenvalue weighted by atomic mass is 32.1. The quantitative estimate of drug-likeness (QED) is 0.365. The number of nitrogens with one attached hydrogen (secondary N) is 2. The molecule has 0 saturated carbocycles. The predicted octanol–water partition coefficient (Wildman–Crippen LogP) is 5.03. The molecule has 8 nitrogen and oxygen atoms in total. The Morgan fingerprint density at radius 1 is 1.05 bits per heavy atom. The monoisotopic (exact) mass is 521 g/mol. The number of carbonyl (C=O) groups is 3. The Labute approximate surface area is 220 Å². The molecular formula is C28H31N3O5S. The standard InChI is InChI=1S/C28H31N3O5S/c1-4-35-20-12-8-19(9-13-20)30-26(33)17(3)36-21-10-6-18(7-11-21)27(34)31-28-24(25(29)32)22-14-5-16(2)15-23(22)37-28/h6-13,16-17H,4-5,14-15H2,1-3H3,(H2,29,32)(H,30,33)(H,31,34)/t16-,17+/m0/s1. The molecule has 1 aromatic heterocycles. The van der Waals surface area contributed by atoms with Gasteiger partial charge in [0.25, 0.3) is 17.7 Å². The summed E-state index contributed by atoms with van der Waals surface area (Å²) in [6, 6.07) is 13.6. The van der Waals surface area contributed by atoms with Gasteiger partial charge in [0.1, 0.15) is 16.5 Å². The van der Waals surface area contributed by atoms with Crippen LogP contribution in [0.5, 0.6) is 11.5 Å². The van der Waals surface area contributed by atoms with Crippen LogP contribution in [0.15, 0.2) is 48.5 Å². The van der Waals surface area contributed by atoms with Crippen LogP contribution in [0, 0.1) is 5.92 Å². The van der Waals surface area contributed by atoms with Crippen molar-refractivity contribution in [1.29, 1.82) is 0 Å². The minimum atomic E-state index is -0.760. The number of amides is 3. The van der Waals surface area contributed by atoms with Crippen LogP contribution in [-0.4, -0.2) is 30.4 Å². The lowest BCUT2D eigenvalue weighted by atomic mass is 9.88. The second-order valence-corrected chi connectivity index (χ2v) is 10.2. The molecule has 1 aliphatic carbocycles. The van der Waals surface area contributed by atoms with Gasteiger partial charge in [-0.3, -0.25) is 14.4 Å². The van der Waals surface area contributed by atoms with Crippen molar-refractivity contribution in [3.8, 4) is 11.5 Å². The number of primary amides is 1. The number of ether oxygens (including phenoxy) is 2. The van der Waals surface area contributed by atoms with Crippen molar-refractivity contribution in [3.05, 3.63) is 70.1 Å². The summed E-state index contributed by atoms with van der Waals surface area (Å²) in [6.07, 6.45) is 1.91. The summed E-state index contributed by atoms with van der Waals surface area (Å²) in [5, 5.41) is 6.16. The molecule has 1 aliphatic rings. The van der Waals surface area contributed by atoms with Crippen LogP contribution in [0.4, 0.5) is 10.7 Å². The lowest BCUT2D eigenvalue weighted by Gasteiger charge is -2.18. The fraction of sp³-hybridized carbons (Fsp3) is 0.321. The van der Waals surface area contributed by atoms with Gasteiger partial charge in [-0.15, -0.1) is 11.3 Å². The average molecular weight is 522 g/mol. The first-order chi connectivity index (χ1) is 17.7. The third-order valence-corrected chi connectivity index (χ3v) is 7.39. The second kappa shape index (κ2) is 11.5. The SMILES string of the molecule is CCOc1ccc(NC(=O)[C@@H](C)Oc2ccc(C(=O)Nc3sc4c(c3C(N)=O)CC[C@H](C)C4)cc2)cc1. The first kappa shape index (κ1) is 26.2. The molecule has 3 aromatic rings. The zero-order valence-electron chi connectivity index (χ0n) is 21.1. The molecule has 0 saturated heterocycles. The minimum Gasteiger partial charge on any atom is -0.494 e. The van der Waals surface area contributed by atoms with Gasteiger partial charge in [-0.1, -0.05) is 6.92 Å². The number of benzene rings is 2. The minimum absolute atomic E-state index is 0.305. The molecule has 0 fully saturated rings. The van der Waals surface area contributed by atoms with Gasteiger partial charge in [-0.05, 0) is 93.1 Å². The summed E-state index contributed by atoms with van der Waals surface area (Å²) in [4.78, 5) is 38.7. The highest BCUT2D eigenvalue weighted by Crippen LogP contribution is 2.39. The van der Waals surface area contributed by atoms with E-state index >= 15 is 0 Å². The third kappa shape index (κ3) is 6.29. The van der Waals surface area contributed by atoms with Crippen molar-refractivity contribution >= 4 is 39.7 Å². The molecule has 0 radical (unpaired) electrons. The summed E-state index contributed by atoms with van der Waals surface area (Å²) in [6.45, 7) is 6.30. The van der Waals surface area contributed by atoms with E-state index in [1.807, 2.05) is 6.92 Å². The number of hydrogen-bond acceptors (Lipinski definition) is 6. The van der Waals surface area contributed by atoms with Crippen LogP contribution < -0.4 is 25.8 Å². The number of hydrogen-bond donors (Lipinski definition) is 3. The van der Waals surface area contributed by atoms with Crippen LogP contribution >= 0.6 is 11.3 Å². The number of thiophene rings is 1. The van der Waals surface area contributed by atoms with E-state index in [1.54, 1.807) is 55.5 Å². The van der Waals surface area contributed by atoms with Gasteiger partial charge in [0.05, 0.1) is 12.2 Å². The Kier molecular flexibility index (Phi) is 8.13. The van der Waals surface area contributed by atoms with E-state index in [9.17, 15) is 14.4 Å². The van der Waals surface area contributed by atoms with Gasteiger partial charge < -0.3 is 25.8 Å². The van der Waals surface area contributed by atoms with Gasteiger partial charge in [0.2, 0.25) is 0 Å². The molecule has 37 heavy (non-hydrogen) atoms. The van der Waals surface area contributed by atoms with Gasteiger partial charge in [-0.25, -0.2) is 0 Å². The number of carbonyl (C=O) groups excluding carboxylic acids is 3. The zero-order valence-corrected chi connectivity index (χ0v) is 21.9. The fourth-order valence-corrected chi connectivity index (χ4v) is 5.67. The Balaban J connectivity index is 1.37. The number of rotatable bonds is 9. The number of nitrogens with two attached hydrogens (primary N) is 1. The van der Waals surface area contributed by atoms with E-state index in [0.717, 1.165) is 35.5 Å².